The number of hydrogen-bond acceptors (Lipinski definition) is 1. The van der Waals surface area contributed by atoms with E-state index in [0.29, 0.717) is 31.4 Å². The Morgan fingerprint density at radius 3 is 2.70 bits per heavy atom. The van der Waals surface area contributed by atoms with Gasteiger partial charge in [0.15, 0.2) is 0 Å². The van der Waals surface area contributed by atoms with Gasteiger partial charge in [-0.15, -0.1) is 0 Å². The van der Waals surface area contributed by atoms with E-state index in [9.17, 15) is 13.6 Å². The highest BCUT2D eigenvalue weighted by atomic mass is 19.3. The fourth-order valence-corrected chi connectivity index (χ4v) is 3.74. The fourth-order valence-electron chi connectivity index (χ4n) is 3.74. The number of carbonyl (C=O) groups is 1. The topological polar surface area (TPSA) is 29.1 Å². The van der Waals surface area contributed by atoms with Crippen molar-refractivity contribution in [3.8, 4) is 0 Å². The van der Waals surface area contributed by atoms with Crippen molar-refractivity contribution in [2.24, 2.45) is 11.3 Å². The van der Waals surface area contributed by atoms with Crippen LogP contribution in [-0.4, -0.2) is 18.4 Å². The Morgan fingerprint density at radius 1 is 1.25 bits per heavy atom. The third kappa shape index (κ3) is 2.02. The molecule has 2 nitrogen and oxygen atoms in total. The summed E-state index contributed by atoms with van der Waals surface area (Å²) in [4.78, 5) is 11.9. The summed E-state index contributed by atoms with van der Waals surface area (Å²) < 4.78 is 27.8. The highest BCUT2D eigenvalue weighted by molar-refractivity contribution is 5.94. The van der Waals surface area contributed by atoms with Crippen LogP contribution in [0.25, 0.3) is 0 Å². The van der Waals surface area contributed by atoms with Crippen LogP contribution >= 0.6 is 0 Å². The Morgan fingerprint density at radius 2 is 2.00 bits per heavy atom. The average Bonchev–Trinajstić information content (AvgIpc) is 2.97. The van der Waals surface area contributed by atoms with Crippen molar-refractivity contribution in [1.82, 2.24) is 5.32 Å². The molecule has 2 fully saturated rings. The molecule has 2 aliphatic rings. The van der Waals surface area contributed by atoms with E-state index in [2.05, 4.69) is 5.32 Å². The van der Waals surface area contributed by atoms with Gasteiger partial charge in [0.25, 0.3) is 11.8 Å². The summed E-state index contributed by atoms with van der Waals surface area (Å²) >= 11 is 0. The van der Waals surface area contributed by atoms with Crippen molar-refractivity contribution >= 4 is 5.91 Å². The van der Waals surface area contributed by atoms with Gasteiger partial charge in [-0.1, -0.05) is 31.0 Å². The van der Waals surface area contributed by atoms with E-state index < -0.39 is 17.3 Å². The highest BCUT2D eigenvalue weighted by Gasteiger charge is 2.79. The summed E-state index contributed by atoms with van der Waals surface area (Å²) in [6.07, 6.45) is 3.44. The van der Waals surface area contributed by atoms with Crippen LogP contribution in [0.5, 0.6) is 0 Å². The number of rotatable bonds is 4. The highest BCUT2D eigenvalue weighted by Crippen LogP contribution is 2.73. The Labute approximate surface area is 117 Å². The third-order valence-corrected chi connectivity index (χ3v) is 4.94. The lowest BCUT2D eigenvalue weighted by molar-refractivity contribution is 0.0530. The predicted molar refractivity (Wildman–Crippen MR) is 72.7 cm³/mol. The molecule has 1 amide bonds. The van der Waals surface area contributed by atoms with Crippen LogP contribution in [0.3, 0.4) is 0 Å². The van der Waals surface area contributed by atoms with Crippen molar-refractivity contribution in [1.29, 1.82) is 0 Å². The molecule has 0 spiro atoms. The summed E-state index contributed by atoms with van der Waals surface area (Å²) in [7, 11) is 0. The third-order valence-electron chi connectivity index (χ3n) is 4.94. The van der Waals surface area contributed by atoms with E-state index in [1.165, 1.54) is 0 Å². The first kappa shape index (κ1) is 13.5. The number of amides is 1. The molecule has 2 unspecified atom stereocenters. The number of carbonyl (C=O) groups excluding carboxylic acids is 1. The number of fused-ring (bicyclic) bond motifs is 1. The Balaban J connectivity index is 1.55. The maximum atomic E-state index is 13.9. The number of halogens is 2. The molecule has 0 bridgehead atoms. The van der Waals surface area contributed by atoms with Crippen LogP contribution in [0.4, 0.5) is 8.78 Å². The van der Waals surface area contributed by atoms with Gasteiger partial charge in [-0.25, -0.2) is 8.78 Å². The molecule has 108 valence electrons. The average molecular weight is 279 g/mol. The number of benzene rings is 1. The summed E-state index contributed by atoms with van der Waals surface area (Å²) in [5, 5.41) is 2.76. The lowest BCUT2D eigenvalue weighted by atomic mass is 9.86. The van der Waals surface area contributed by atoms with Crippen LogP contribution in [0.15, 0.2) is 30.3 Å². The second kappa shape index (κ2) is 4.83. The van der Waals surface area contributed by atoms with Crippen LogP contribution in [0.1, 0.15) is 42.5 Å². The first-order valence-corrected chi connectivity index (χ1v) is 7.29. The molecule has 1 N–H and O–H groups in total. The molecule has 0 radical (unpaired) electrons. The molecule has 0 saturated heterocycles. The molecule has 1 aromatic rings. The Kier molecular flexibility index (Phi) is 3.27. The van der Waals surface area contributed by atoms with Crippen molar-refractivity contribution in [2.45, 2.75) is 38.0 Å². The quantitative estimate of drug-likeness (QED) is 0.896. The smallest absolute Gasteiger partial charge is 0.257 e. The lowest BCUT2D eigenvalue weighted by Crippen LogP contribution is -2.28. The van der Waals surface area contributed by atoms with E-state index in [1.807, 2.05) is 6.07 Å². The van der Waals surface area contributed by atoms with Crippen molar-refractivity contribution < 1.29 is 13.6 Å². The summed E-state index contributed by atoms with van der Waals surface area (Å²) in [5.74, 6) is -3.14. The van der Waals surface area contributed by atoms with Gasteiger partial charge in [0.2, 0.25) is 0 Å². The minimum Gasteiger partial charge on any atom is -0.352 e. The van der Waals surface area contributed by atoms with Gasteiger partial charge in [-0.3, -0.25) is 4.79 Å². The minimum atomic E-state index is -2.51. The van der Waals surface area contributed by atoms with Gasteiger partial charge in [-0.2, -0.15) is 0 Å². The van der Waals surface area contributed by atoms with Crippen LogP contribution in [0, 0.1) is 11.3 Å². The van der Waals surface area contributed by atoms with E-state index in [1.54, 1.807) is 24.3 Å². The molecule has 3 rings (SSSR count). The van der Waals surface area contributed by atoms with Gasteiger partial charge in [0.1, 0.15) is 0 Å². The first-order valence-electron chi connectivity index (χ1n) is 7.29. The van der Waals surface area contributed by atoms with Gasteiger partial charge in [0, 0.05) is 23.4 Å². The maximum absolute atomic E-state index is 13.9. The van der Waals surface area contributed by atoms with Gasteiger partial charge >= 0.3 is 0 Å². The molecule has 0 heterocycles. The zero-order valence-electron chi connectivity index (χ0n) is 11.4. The monoisotopic (exact) mass is 279 g/mol. The van der Waals surface area contributed by atoms with E-state index in [-0.39, 0.29) is 5.91 Å². The fraction of sp³-hybridized carbons (Fsp3) is 0.562. The molecule has 0 aliphatic heterocycles. The van der Waals surface area contributed by atoms with Crippen molar-refractivity contribution in [2.75, 3.05) is 6.54 Å². The van der Waals surface area contributed by atoms with Crippen molar-refractivity contribution in [3.63, 3.8) is 0 Å². The molecule has 1 aromatic carbocycles. The number of nitrogens with one attached hydrogen (secondary N) is 1. The van der Waals surface area contributed by atoms with E-state index in [4.69, 9.17) is 0 Å². The summed E-state index contributed by atoms with van der Waals surface area (Å²) in [5.41, 5.74) is -0.248. The number of hydrogen-bond donors (Lipinski definition) is 1. The summed E-state index contributed by atoms with van der Waals surface area (Å²) in [6, 6.07) is 8.87. The predicted octanol–water partition coefficient (Wildman–Crippen LogP) is 3.63. The zero-order chi connectivity index (χ0) is 14.2. The van der Waals surface area contributed by atoms with Gasteiger partial charge < -0.3 is 5.32 Å². The van der Waals surface area contributed by atoms with Crippen LogP contribution < -0.4 is 5.32 Å². The molecule has 2 aliphatic carbocycles. The molecule has 2 atom stereocenters. The maximum Gasteiger partial charge on any atom is 0.257 e. The van der Waals surface area contributed by atoms with Crippen LogP contribution in [-0.2, 0) is 0 Å². The number of alkyl halides is 2. The zero-order valence-corrected chi connectivity index (χ0v) is 11.4. The molecular weight excluding hydrogens is 260 g/mol. The molecule has 4 heteroatoms. The minimum absolute atomic E-state index is 0.182. The molecule has 2 saturated carbocycles. The lowest BCUT2D eigenvalue weighted by Gasteiger charge is -2.20. The van der Waals surface area contributed by atoms with E-state index >= 15 is 0 Å². The van der Waals surface area contributed by atoms with Crippen molar-refractivity contribution in [3.05, 3.63) is 35.9 Å². The first-order chi connectivity index (χ1) is 9.58. The van der Waals surface area contributed by atoms with Crippen LogP contribution in [0.2, 0.25) is 0 Å². The molecule has 20 heavy (non-hydrogen) atoms. The largest absolute Gasteiger partial charge is 0.352 e. The summed E-state index contributed by atoms with van der Waals surface area (Å²) in [6.45, 7) is 0.333. The SMILES string of the molecule is O=C(NCCC12CCCCC1C2(F)F)c1ccccc1. The molecular formula is C16H19F2NO. The Bertz CT molecular complexity index is 502. The second-order valence-electron chi connectivity index (χ2n) is 5.95. The molecule has 0 aromatic heterocycles. The van der Waals surface area contributed by atoms with Gasteiger partial charge in [0.05, 0.1) is 0 Å². The normalized spacial score (nSPS) is 30.4. The Hall–Kier alpha value is -1.45. The van der Waals surface area contributed by atoms with E-state index in [0.717, 1.165) is 12.8 Å². The second-order valence-corrected chi connectivity index (χ2v) is 5.95. The standard InChI is InChI=1S/C16H19F2NO/c17-16(18)13-8-4-5-9-15(13,16)10-11-19-14(20)12-6-2-1-3-7-12/h1-3,6-7,13H,4-5,8-11H2,(H,19,20). The van der Waals surface area contributed by atoms with Gasteiger partial charge in [-0.05, 0) is 31.4 Å².